The summed E-state index contributed by atoms with van der Waals surface area (Å²) in [6.45, 7) is 9.20. The molecule has 0 bridgehead atoms. The van der Waals surface area contributed by atoms with E-state index in [0.29, 0.717) is 5.69 Å². The third-order valence-corrected chi connectivity index (χ3v) is 2.70. The summed E-state index contributed by atoms with van der Waals surface area (Å²) < 4.78 is 5.21. The van der Waals surface area contributed by atoms with Gasteiger partial charge in [-0.05, 0) is 39.3 Å². The second-order valence-electron chi connectivity index (χ2n) is 5.73. The molecule has 0 aromatic carbocycles. The number of anilines is 1. The largest absolute Gasteiger partial charge is 0.455 e. The van der Waals surface area contributed by atoms with E-state index in [2.05, 4.69) is 10.3 Å². The van der Waals surface area contributed by atoms with Gasteiger partial charge in [0.15, 0.2) is 0 Å². The molecule has 1 atom stereocenters. The zero-order valence-electron chi connectivity index (χ0n) is 12.7. The Morgan fingerprint density at radius 2 is 2.00 bits per heavy atom. The van der Waals surface area contributed by atoms with Crippen LogP contribution in [0.3, 0.4) is 0 Å². The molecule has 5 nitrogen and oxygen atoms in total. The van der Waals surface area contributed by atoms with Gasteiger partial charge in [0.1, 0.15) is 11.3 Å². The van der Waals surface area contributed by atoms with Crippen molar-refractivity contribution >= 4 is 17.6 Å². The van der Waals surface area contributed by atoms with E-state index in [4.69, 9.17) is 4.74 Å². The molecule has 0 saturated carbocycles. The van der Waals surface area contributed by atoms with E-state index in [0.717, 1.165) is 6.42 Å². The van der Waals surface area contributed by atoms with Crippen molar-refractivity contribution in [3.8, 4) is 0 Å². The molecule has 0 radical (unpaired) electrons. The molecule has 20 heavy (non-hydrogen) atoms. The molecule has 1 unspecified atom stereocenters. The van der Waals surface area contributed by atoms with Crippen LogP contribution in [0.5, 0.6) is 0 Å². The van der Waals surface area contributed by atoms with Gasteiger partial charge in [-0.1, -0.05) is 13.8 Å². The highest BCUT2D eigenvalue weighted by Gasteiger charge is 2.19. The topological polar surface area (TPSA) is 68.3 Å². The van der Waals surface area contributed by atoms with Crippen LogP contribution < -0.4 is 5.32 Å². The number of rotatable bonds is 4. The van der Waals surface area contributed by atoms with Gasteiger partial charge in [0.25, 0.3) is 0 Å². The molecule has 1 heterocycles. The highest BCUT2D eigenvalue weighted by atomic mass is 16.6. The standard InChI is InChI=1S/C15H22N2O3/c1-6-10(2)13(18)17-11-7-8-12(16-9-11)14(19)20-15(3,4)5/h7-10H,6H2,1-5H3,(H,17,18). The van der Waals surface area contributed by atoms with Crippen LogP contribution in [0, 0.1) is 5.92 Å². The Morgan fingerprint density at radius 3 is 2.45 bits per heavy atom. The van der Waals surface area contributed by atoms with Gasteiger partial charge in [-0.2, -0.15) is 0 Å². The first-order chi connectivity index (χ1) is 9.23. The van der Waals surface area contributed by atoms with Crippen LogP contribution in [0.4, 0.5) is 5.69 Å². The van der Waals surface area contributed by atoms with Crippen molar-refractivity contribution in [2.45, 2.75) is 46.6 Å². The zero-order chi connectivity index (χ0) is 15.3. The normalized spacial score (nSPS) is 12.7. The minimum Gasteiger partial charge on any atom is -0.455 e. The Labute approximate surface area is 119 Å². The number of carbonyl (C=O) groups is 2. The number of amides is 1. The number of pyridine rings is 1. The highest BCUT2D eigenvalue weighted by molar-refractivity contribution is 5.93. The van der Waals surface area contributed by atoms with Crippen molar-refractivity contribution in [1.82, 2.24) is 4.98 Å². The summed E-state index contributed by atoms with van der Waals surface area (Å²) in [6, 6.07) is 3.19. The third kappa shape index (κ3) is 4.99. The number of hydrogen-bond acceptors (Lipinski definition) is 4. The van der Waals surface area contributed by atoms with Crippen LogP contribution in [-0.4, -0.2) is 22.5 Å². The Bertz CT molecular complexity index is 475. The summed E-state index contributed by atoms with van der Waals surface area (Å²) >= 11 is 0. The van der Waals surface area contributed by atoms with Crippen LogP contribution in [0.15, 0.2) is 18.3 Å². The van der Waals surface area contributed by atoms with E-state index in [1.54, 1.807) is 32.9 Å². The second-order valence-corrected chi connectivity index (χ2v) is 5.73. The van der Waals surface area contributed by atoms with Crippen molar-refractivity contribution in [1.29, 1.82) is 0 Å². The Hall–Kier alpha value is -1.91. The van der Waals surface area contributed by atoms with Gasteiger partial charge in [-0.15, -0.1) is 0 Å². The summed E-state index contributed by atoms with van der Waals surface area (Å²) in [7, 11) is 0. The van der Waals surface area contributed by atoms with E-state index in [1.165, 1.54) is 6.20 Å². The fourth-order valence-corrected chi connectivity index (χ4v) is 1.37. The van der Waals surface area contributed by atoms with E-state index >= 15 is 0 Å². The molecule has 1 N–H and O–H groups in total. The first-order valence-corrected chi connectivity index (χ1v) is 6.73. The van der Waals surface area contributed by atoms with E-state index in [1.807, 2.05) is 13.8 Å². The van der Waals surface area contributed by atoms with Gasteiger partial charge in [0.2, 0.25) is 5.91 Å². The molecular weight excluding hydrogens is 256 g/mol. The third-order valence-electron chi connectivity index (χ3n) is 2.70. The molecule has 0 aliphatic heterocycles. The smallest absolute Gasteiger partial charge is 0.357 e. The van der Waals surface area contributed by atoms with Crippen molar-refractivity contribution < 1.29 is 14.3 Å². The molecule has 1 aromatic heterocycles. The van der Waals surface area contributed by atoms with Crippen molar-refractivity contribution in [2.24, 2.45) is 5.92 Å². The van der Waals surface area contributed by atoms with Crippen molar-refractivity contribution in [2.75, 3.05) is 5.32 Å². The number of carbonyl (C=O) groups excluding carboxylic acids is 2. The number of nitrogens with zero attached hydrogens (tertiary/aromatic N) is 1. The van der Waals surface area contributed by atoms with Gasteiger partial charge < -0.3 is 10.1 Å². The minimum absolute atomic E-state index is 0.0551. The van der Waals surface area contributed by atoms with Gasteiger partial charge in [0, 0.05) is 5.92 Å². The number of nitrogens with one attached hydrogen (secondary N) is 1. The number of ether oxygens (including phenoxy) is 1. The lowest BCUT2D eigenvalue weighted by Gasteiger charge is -2.19. The lowest BCUT2D eigenvalue weighted by atomic mass is 10.1. The van der Waals surface area contributed by atoms with E-state index in [-0.39, 0.29) is 17.5 Å². The van der Waals surface area contributed by atoms with Crippen LogP contribution in [-0.2, 0) is 9.53 Å². The Morgan fingerprint density at radius 1 is 1.35 bits per heavy atom. The van der Waals surface area contributed by atoms with Gasteiger partial charge in [-0.25, -0.2) is 9.78 Å². The predicted molar refractivity (Wildman–Crippen MR) is 77.5 cm³/mol. The zero-order valence-corrected chi connectivity index (χ0v) is 12.7. The molecule has 1 amide bonds. The highest BCUT2D eigenvalue weighted by Crippen LogP contribution is 2.13. The van der Waals surface area contributed by atoms with Crippen LogP contribution in [0.25, 0.3) is 0 Å². The van der Waals surface area contributed by atoms with Gasteiger partial charge in [-0.3, -0.25) is 4.79 Å². The van der Waals surface area contributed by atoms with Crippen LogP contribution >= 0.6 is 0 Å². The maximum absolute atomic E-state index is 11.8. The molecular formula is C15H22N2O3. The molecule has 110 valence electrons. The number of esters is 1. The van der Waals surface area contributed by atoms with Crippen molar-refractivity contribution in [3.05, 3.63) is 24.0 Å². The fourth-order valence-electron chi connectivity index (χ4n) is 1.37. The van der Waals surface area contributed by atoms with Crippen LogP contribution in [0.1, 0.15) is 51.5 Å². The average Bonchev–Trinajstić information content (AvgIpc) is 2.36. The first-order valence-electron chi connectivity index (χ1n) is 6.73. The average molecular weight is 278 g/mol. The molecule has 0 aliphatic carbocycles. The molecule has 0 saturated heterocycles. The maximum atomic E-state index is 11.8. The van der Waals surface area contributed by atoms with E-state index in [9.17, 15) is 9.59 Å². The number of hydrogen-bond donors (Lipinski definition) is 1. The molecule has 1 rings (SSSR count). The predicted octanol–water partition coefficient (Wildman–Crippen LogP) is 3.02. The summed E-state index contributed by atoms with van der Waals surface area (Å²) in [5.74, 6) is -0.586. The van der Waals surface area contributed by atoms with Gasteiger partial charge >= 0.3 is 5.97 Å². The Balaban J connectivity index is 2.69. The second kappa shape index (κ2) is 6.50. The molecule has 0 spiro atoms. The summed E-state index contributed by atoms with van der Waals surface area (Å²) in [5.41, 5.74) is 0.242. The monoisotopic (exact) mass is 278 g/mol. The molecule has 5 heteroatoms. The lowest BCUT2D eigenvalue weighted by molar-refractivity contribution is -0.119. The van der Waals surface area contributed by atoms with Gasteiger partial charge in [0.05, 0.1) is 11.9 Å². The summed E-state index contributed by atoms with van der Waals surface area (Å²) in [6.07, 6.45) is 2.23. The number of aromatic nitrogens is 1. The minimum atomic E-state index is -0.553. The summed E-state index contributed by atoms with van der Waals surface area (Å²) in [4.78, 5) is 27.5. The maximum Gasteiger partial charge on any atom is 0.357 e. The molecule has 1 aromatic rings. The molecule has 0 fully saturated rings. The van der Waals surface area contributed by atoms with Crippen LogP contribution in [0.2, 0.25) is 0 Å². The SMILES string of the molecule is CCC(C)C(=O)Nc1ccc(C(=O)OC(C)(C)C)nc1. The summed E-state index contributed by atoms with van der Waals surface area (Å²) in [5, 5.41) is 2.75. The van der Waals surface area contributed by atoms with E-state index < -0.39 is 11.6 Å². The van der Waals surface area contributed by atoms with Crippen molar-refractivity contribution in [3.63, 3.8) is 0 Å². The quantitative estimate of drug-likeness (QED) is 0.860. The Kier molecular flexibility index (Phi) is 5.25. The first kappa shape index (κ1) is 16.1. The lowest BCUT2D eigenvalue weighted by Crippen LogP contribution is -2.24. The fraction of sp³-hybridized carbons (Fsp3) is 0.533. The molecule has 0 aliphatic rings.